The maximum atomic E-state index is 4.44. The van der Waals surface area contributed by atoms with Crippen LogP contribution in [0.1, 0.15) is 22.4 Å². The lowest BCUT2D eigenvalue weighted by atomic mass is 10.1. The summed E-state index contributed by atoms with van der Waals surface area (Å²) < 4.78 is 4.09. The number of nitrogens with zero attached hydrogens (tertiary/aromatic N) is 7. The van der Waals surface area contributed by atoms with Gasteiger partial charge in [0.2, 0.25) is 0 Å². The Morgan fingerprint density at radius 1 is 0.857 bits per heavy atom. The summed E-state index contributed by atoms with van der Waals surface area (Å²) in [6.07, 6.45) is 6.59. The van der Waals surface area contributed by atoms with Crippen LogP contribution in [0.5, 0.6) is 0 Å². The van der Waals surface area contributed by atoms with Crippen LogP contribution in [0, 0.1) is 13.8 Å². The largest absolute Gasteiger partial charge is 0.353 e. The SMILES string of the molecule is Cc1cccc(C)c1-n1nnnc1-c1ccn(C)c1CN1CCN(CC=Cc2ccccc2)CC1. The van der Waals surface area contributed by atoms with Crippen molar-refractivity contribution in [1.29, 1.82) is 0 Å². The van der Waals surface area contributed by atoms with Gasteiger partial charge in [0.1, 0.15) is 0 Å². The minimum absolute atomic E-state index is 0.794. The normalized spacial score (nSPS) is 15.3. The first kappa shape index (κ1) is 23.2. The molecule has 0 spiro atoms. The molecule has 1 aliphatic rings. The average Bonchev–Trinajstić information content (AvgIpc) is 3.47. The van der Waals surface area contributed by atoms with E-state index in [1.165, 1.54) is 11.3 Å². The fourth-order valence-corrected chi connectivity index (χ4v) is 4.85. The molecule has 0 bridgehead atoms. The van der Waals surface area contributed by atoms with Gasteiger partial charge in [0, 0.05) is 63.8 Å². The molecule has 1 aliphatic heterocycles. The lowest BCUT2D eigenvalue weighted by Gasteiger charge is -2.34. The molecule has 4 aromatic rings. The lowest BCUT2D eigenvalue weighted by Crippen LogP contribution is -2.46. The number of benzene rings is 2. The van der Waals surface area contributed by atoms with E-state index in [-0.39, 0.29) is 0 Å². The van der Waals surface area contributed by atoms with Crippen molar-refractivity contribution in [2.24, 2.45) is 7.05 Å². The van der Waals surface area contributed by atoms with Crippen molar-refractivity contribution in [3.8, 4) is 17.1 Å². The Bertz CT molecular complexity index is 1270. The van der Waals surface area contributed by atoms with Gasteiger partial charge in [0.05, 0.1) is 5.69 Å². The van der Waals surface area contributed by atoms with Crippen LogP contribution in [-0.2, 0) is 13.6 Å². The molecule has 0 N–H and O–H groups in total. The second-order valence-corrected chi connectivity index (χ2v) is 9.33. The first-order valence-corrected chi connectivity index (χ1v) is 12.3. The monoisotopic (exact) mass is 467 g/mol. The minimum Gasteiger partial charge on any atom is -0.353 e. The van der Waals surface area contributed by atoms with Crippen LogP contribution >= 0.6 is 0 Å². The highest BCUT2D eigenvalue weighted by atomic mass is 15.5. The van der Waals surface area contributed by atoms with Crippen molar-refractivity contribution < 1.29 is 0 Å². The molecule has 35 heavy (non-hydrogen) atoms. The van der Waals surface area contributed by atoms with Gasteiger partial charge in [-0.1, -0.05) is 60.7 Å². The van der Waals surface area contributed by atoms with Gasteiger partial charge in [0.15, 0.2) is 5.82 Å². The fraction of sp³-hybridized carbons (Fsp3) is 0.321. The number of piperazine rings is 1. The van der Waals surface area contributed by atoms with Gasteiger partial charge >= 0.3 is 0 Å². The second-order valence-electron chi connectivity index (χ2n) is 9.33. The van der Waals surface area contributed by atoms with Gasteiger partial charge in [-0.15, -0.1) is 5.10 Å². The number of rotatable bonds is 7. The van der Waals surface area contributed by atoms with Crippen molar-refractivity contribution in [3.05, 3.63) is 89.3 Å². The Balaban J connectivity index is 1.27. The molecule has 0 radical (unpaired) electrons. The van der Waals surface area contributed by atoms with Crippen molar-refractivity contribution >= 4 is 6.08 Å². The predicted molar refractivity (Wildman–Crippen MR) is 140 cm³/mol. The highest BCUT2D eigenvalue weighted by Gasteiger charge is 2.22. The minimum atomic E-state index is 0.794. The number of tetrazole rings is 1. The van der Waals surface area contributed by atoms with Crippen molar-refractivity contribution in [2.75, 3.05) is 32.7 Å². The molecule has 0 atom stereocenters. The van der Waals surface area contributed by atoms with E-state index in [0.717, 1.165) is 67.5 Å². The average molecular weight is 468 g/mol. The Hall–Kier alpha value is -3.55. The van der Waals surface area contributed by atoms with Crippen LogP contribution in [0.3, 0.4) is 0 Å². The van der Waals surface area contributed by atoms with Gasteiger partial charge in [-0.3, -0.25) is 9.80 Å². The third-order valence-electron chi connectivity index (χ3n) is 6.87. The second kappa shape index (κ2) is 10.4. The summed E-state index contributed by atoms with van der Waals surface area (Å²) >= 11 is 0. The molecule has 0 aliphatic carbocycles. The van der Waals surface area contributed by atoms with Crippen LogP contribution in [-0.4, -0.2) is 67.3 Å². The molecule has 2 aromatic heterocycles. The molecule has 0 saturated carbocycles. The summed E-state index contributed by atoms with van der Waals surface area (Å²) in [6.45, 7) is 10.3. The summed E-state index contributed by atoms with van der Waals surface area (Å²) in [4.78, 5) is 5.05. The molecule has 5 rings (SSSR count). The summed E-state index contributed by atoms with van der Waals surface area (Å²) in [5.74, 6) is 0.794. The first-order valence-electron chi connectivity index (χ1n) is 12.3. The van der Waals surface area contributed by atoms with E-state index in [9.17, 15) is 0 Å². The molecule has 2 aromatic carbocycles. The summed E-state index contributed by atoms with van der Waals surface area (Å²) in [5.41, 5.74) is 6.96. The predicted octanol–water partition coefficient (Wildman–Crippen LogP) is 4.12. The van der Waals surface area contributed by atoms with E-state index in [4.69, 9.17) is 0 Å². The molecule has 0 unspecified atom stereocenters. The van der Waals surface area contributed by atoms with E-state index in [0.29, 0.717) is 0 Å². The van der Waals surface area contributed by atoms with Gasteiger partial charge in [-0.05, 0) is 47.0 Å². The topological polar surface area (TPSA) is 55.0 Å². The number of hydrogen-bond donors (Lipinski definition) is 0. The third kappa shape index (κ3) is 5.11. The molecule has 7 nitrogen and oxygen atoms in total. The maximum Gasteiger partial charge on any atom is 0.188 e. The number of para-hydroxylation sites is 1. The molecule has 180 valence electrons. The standard InChI is InChI=1S/C28H33N7/c1-22-9-7-10-23(2)27(22)35-28(29-30-31-35)25-14-16-32(3)26(25)21-34-19-17-33(18-20-34)15-8-13-24-11-5-4-6-12-24/h4-14,16H,15,17-21H2,1-3H3. The molecule has 1 saturated heterocycles. The highest BCUT2D eigenvalue weighted by Crippen LogP contribution is 2.28. The zero-order valence-electron chi connectivity index (χ0n) is 20.8. The summed E-state index contributed by atoms with van der Waals surface area (Å²) in [7, 11) is 2.11. The summed E-state index contributed by atoms with van der Waals surface area (Å²) in [6, 6.07) is 18.9. The summed E-state index contributed by atoms with van der Waals surface area (Å²) in [5, 5.41) is 12.8. The van der Waals surface area contributed by atoms with E-state index in [1.54, 1.807) is 0 Å². The third-order valence-corrected chi connectivity index (χ3v) is 6.87. The fourth-order valence-electron chi connectivity index (χ4n) is 4.85. The smallest absolute Gasteiger partial charge is 0.188 e. The molecule has 0 amide bonds. The Morgan fingerprint density at radius 2 is 1.57 bits per heavy atom. The molecule has 7 heteroatoms. The Morgan fingerprint density at radius 3 is 2.31 bits per heavy atom. The van der Waals surface area contributed by atoms with Crippen molar-refractivity contribution in [1.82, 2.24) is 34.6 Å². The van der Waals surface area contributed by atoms with Gasteiger partial charge in [0.25, 0.3) is 0 Å². The van der Waals surface area contributed by atoms with E-state index >= 15 is 0 Å². The van der Waals surface area contributed by atoms with Gasteiger partial charge in [-0.25, -0.2) is 0 Å². The van der Waals surface area contributed by atoms with Crippen LogP contribution < -0.4 is 0 Å². The Kier molecular flexibility index (Phi) is 6.88. The van der Waals surface area contributed by atoms with Crippen molar-refractivity contribution in [3.63, 3.8) is 0 Å². The van der Waals surface area contributed by atoms with E-state index < -0.39 is 0 Å². The van der Waals surface area contributed by atoms with Crippen LogP contribution in [0.15, 0.2) is 66.9 Å². The van der Waals surface area contributed by atoms with Gasteiger partial charge < -0.3 is 4.57 Å². The quantitative estimate of drug-likeness (QED) is 0.409. The van der Waals surface area contributed by atoms with Gasteiger partial charge in [-0.2, -0.15) is 4.68 Å². The lowest BCUT2D eigenvalue weighted by molar-refractivity contribution is 0.135. The van der Waals surface area contributed by atoms with Crippen LogP contribution in [0.2, 0.25) is 0 Å². The number of hydrogen-bond acceptors (Lipinski definition) is 5. The number of aryl methyl sites for hydroxylation is 3. The first-order chi connectivity index (χ1) is 17.1. The molecular weight excluding hydrogens is 434 g/mol. The van der Waals surface area contributed by atoms with E-state index in [1.807, 2.05) is 4.68 Å². The maximum absolute atomic E-state index is 4.44. The molecule has 1 fully saturated rings. The number of aromatic nitrogens is 5. The highest BCUT2D eigenvalue weighted by molar-refractivity contribution is 5.62. The van der Waals surface area contributed by atoms with Crippen LogP contribution in [0.4, 0.5) is 0 Å². The molecular formula is C28H33N7. The Labute approximate surface area is 207 Å². The van der Waals surface area contributed by atoms with Crippen molar-refractivity contribution in [2.45, 2.75) is 20.4 Å². The molecule has 3 heterocycles. The van der Waals surface area contributed by atoms with Crippen LogP contribution in [0.25, 0.3) is 23.2 Å². The zero-order chi connectivity index (χ0) is 24.2. The van der Waals surface area contributed by atoms with E-state index in [2.05, 4.69) is 124 Å². The zero-order valence-corrected chi connectivity index (χ0v) is 20.8.